The fraction of sp³-hybridized carbons (Fsp3) is 0.640. The third-order valence-electron chi connectivity index (χ3n) is 6.86. The summed E-state index contributed by atoms with van der Waals surface area (Å²) in [6.07, 6.45) is -0.843. The summed E-state index contributed by atoms with van der Waals surface area (Å²) in [7, 11) is 0. The van der Waals surface area contributed by atoms with E-state index in [0.717, 1.165) is 39.5 Å². The van der Waals surface area contributed by atoms with E-state index >= 15 is 0 Å². The van der Waals surface area contributed by atoms with Crippen LogP contribution < -0.4 is 10.1 Å². The number of rotatable bonds is 9. The highest BCUT2D eigenvalue weighted by molar-refractivity contribution is 6.36. The van der Waals surface area contributed by atoms with E-state index in [1.807, 2.05) is 0 Å². The molecule has 0 aromatic carbocycles. The lowest BCUT2D eigenvalue weighted by Crippen LogP contribution is -2.34. The van der Waals surface area contributed by atoms with Crippen LogP contribution in [0.2, 0.25) is 5.02 Å². The maximum absolute atomic E-state index is 13.4. The Kier molecular flexibility index (Phi) is 9.08. The van der Waals surface area contributed by atoms with Crippen molar-refractivity contribution in [3.8, 4) is 17.1 Å². The van der Waals surface area contributed by atoms with Gasteiger partial charge < -0.3 is 10.1 Å². The number of hydrogen-bond acceptors (Lipinski definition) is 4. The van der Waals surface area contributed by atoms with Gasteiger partial charge in [0.25, 0.3) is 5.91 Å². The minimum absolute atomic E-state index is 0.00599. The molecule has 206 valence electrons. The summed E-state index contributed by atoms with van der Waals surface area (Å²) in [5.74, 6) is -0.0565. The zero-order chi connectivity index (χ0) is 27.5. The van der Waals surface area contributed by atoms with Gasteiger partial charge in [-0.2, -0.15) is 27.1 Å². The van der Waals surface area contributed by atoms with Crippen molar-refractivity contribution in [2.75, 3.05) is 6.54 Å². The van der Waals surface area contributed by atoms with Crippen molar-refractivity contribution in [1.82, 2.24) is 20.1 Å². The van der Waals surface area contributed by atoms with E-state index in [1.165, 1.54) is 16.8 Å². The molecule has 0 spiro atoms. The largest absolute Gasteiger partial charge is 0.416 e. The fourth-order valence-corrected chi connectivity index (χ4v) is 4.73. The number of aryl methyl sites for hydroxylation is 1. The predicted molar refractivity (Wildman–Crippen MR) is 130 cm³/mol. The number of hydrogen-bond donors (Lipinski definition) is 1. The zero-order valence-corrected chi connectivity index (χ0v) is 22.0. The van der Waals surface area contributed by atoms with Crippen LogP contribution in [0, 0.1) is 17.3 Å². The number of pyridine rings is 1. The van der Waals surface area contributed by atoms with Crippen molar-refractivity contribution in [2.45, 2.75) is 79.1 Å². The maximum Gasteiger partial charge on any atom is 0.394 e. The van der Waals surface area contributed by atoms with Crippen LogP contribution in [0.5, 0.6) is 5.88 Å². The van der Waals surface area contributed by atoms with Gasteiger partial charge in [-0.3, -0.25) is 9.48 Å². The van der Waals surface area contributed by atoms with Crippen LogP contribution in [-0.4, -0.2) is 40.0 Å². The highest BCUT2D eigenvalue weighted by Gasteiger charge is 2.47. The number of amides is 1. The standard InChI is InChI=1S/C25H32ClF5N4O2/c1-5-35-20(18(26)19(34-35)21(36)32-13-15-8-6-14(2)7-9-15)17-11-10-16(33-22(17)37-23(27)28)12-24(3,4)25(29,30)31/h10-11,14-15,23H,5-9,12-13H2,1-4H3,(H,32,36). The smallest absolute Gasteiger partial charge is 0.394 e. The van der Waals surface area contributed by atoms with Crippen LogP contribution in [-0.2, 0) is 13.0 Å². The Labute approximate surface area is 217 Å². The van der Waals surface area contributed by atoms with E-state index < -0.39 is 36.4 Å². The lowest BCUT2D eigenvalue weighted by Gasteiger charge is -2.27. The van der Waals surface area contributed by atoms with Crippen molar-refractivity contribution >= 4 is 17.5 Å². The number of carbonyl (C=O) groups is 1. The molecule has 6 nitrogen and oxygen atoms in total. The minimum atomic E-state index is -4.53. The molecule has 1 fully saturated rings. The molecule has 0 radical (unpaired) electrons. The van der Waals surface area contributed by atoms with Crippen molar-refractivity contribution in [1.29, 1.82) is 0 Å². The van der Waals surface area contributed by atoms with Crippen LogP contribution in [0.4, 0.5) is 22.0 Å². The number of aromatic nitrogens is 3. The van der Waals surface area contributed by atoms with Crippen LogP contribution in [0.15, 0.2) is 12.1 Å². The molecule has 0 unspecified atom stereocenters. The second-order valence-corrected chi connectivity index (χ2v) is 10.6. The van der Waals surface area contributed by atoms with Gasteiger partial charge in [-0.1, -0.05) is 45.2 Å². The molecule has 1 aliphatic rings. The molecule has 0 aliphatic heterocycles. The van der Waals surface area contributed by atoms with E-state index in [2.05, 4.69) is 27.1 Å². The van der Waals surface area contributed by atoms with Crippen LogP contribution in [0.3, 0.4) is 0 Å². The average molecular weight is 551 g/mol. The summed E-state index contributed by atoms with van der Waals surface area (Å²) in [5.41, 5.74) is -2.19. The zero-order valence-electron chi connectivity index (χ0n) is 21.3. The van der Waals surface area contributed by atoms with E-state index in [1.54, 1.807) is 6.92 Å². The average Bonchev–Trinajstić information content (AvgIpc) is 3.13. The molecule has 1 saturated carbocycles. The molecule has 1 aliphatic carbocycles. The summed E-state index contributed by atoms with van der Waals surface area (Å²) in [6.45, 7) is 3.35. The molecule has 12 heteroatoms. The molecule has 2 aromatic heterocycles. The van der Waals surface area contributed by atoms with E-state index in [9.17, 15) is 26.7 Å². The number of carbonyl (C=O) groups excluding carboxylic acids is 1. The first-order valence-electron chi connectivity index (χ1n) is 12.3. The quantitative estimate of drug-likeness (QED) is 0.345. The molecule has 2 heterocycles. The third-order valence-corrected chi connectivity index (χ3v) is 7.22. The number of halogens is 6. The van der Waals surface area contributed by atoms with Crippen LogP contribution >= 0.6 is 11.6 Å². The molecule has 0 bridgehead atoms. The predicted octanol–water partition coefficient (Wildman–Crippen LogP) is 6.91. The monoisotopic (exact) mass is 550 g/mol. The number of ether oxygens (including phenoxy) is 1. The molecule has 1 amide bonds. The minimum Gasteiger partial charge on any atom is -0.416 e. The van der Waals surface area contributed by atoms with Crippen LogP contribution in [0.25, 0.3) is 11.3 Å². The van der Waals surface area contributed by atoms with Gasteiger partial charge in [0.2, 0.25) is 5.88 Å². The van der Waals surface area contributed by atoms with Gasteiger partial charge >= 0.3 is 12.8 Å². The summed E-state index contributed by atoms with van der Waals surface area (Å²) in [4.78, 5) is 16.9. The van der Waals surface area contributed by atoms with Gasteiger partial charge in [0, 0.05) is 25.2 Å². The lowest BCUT2D eigenvalue weighted by molar-refractivity contribution is -0.211. The second kappa shape index (κ2) is 11.5. The summed E-state index contributed by atoms with van der Waals surface area (Å²) < 4.78 is 72.5. The first-order chi connectivity index (χ1) is 17.2. The second-order valence-electron chi connectivity index (χ2n) is 10.3. The Morgan fingerprint density at radius 2 is 1.86 bits per heavy atom. The summed E-state index contributed by atoms with van der Waals surface area (Å²) in [5, 5.41) is 7.05. The van der Waals surface area contributed by atoms with Gasteiger partial charge in [-0.05, 0) is 43.7 Å². The third kappa shape index (κ3) is 6.91. The maximum atomic E-state index is 13.4. The highest BCUT2D eigenvalue weighted by Crippen LogP contribution is 2.42. The van der Waals surface area contributed by atoms with Gasteiger partial charge in [0.1, 0.15) is 0 Å². The Bertz CT molecular complexity index is 1100. The Morgan fingerprint density at radius 1 is 1.22 bits per heavy atom. The first-order valence-corrected chi connectivity index (χ1v) is 12.7. The number of alkyl halides is 5. The van der Waals surface area contributed by atoms with Crippen molar-refractivity contribution < 1.29 is 31.5 Å². The Morgan fingerprint density at radius 3 is 2.43 bits per heavy atom. The molecule has 2 aromatic rings. The molecule has 0 saturated heterocycles. The van der Waals surface area contributed by atoms with E-state index in [-0.39, 0.29) is 34.2 Å². The van der Waals surface area contributed by atoms with Crippen molar-refractivity contribution in [3.05, 3.63) is 28.5 Å². The summed E-state index contributed by atoms with van der Waals surface area (Å²) in [6, 6.07) is 2.61. The fourth-order valence-electron chi connectivity index (χ4n) is 4.41. The summed E-state index contributed by atoms with van der Waals surface area (Å²) >= 11 is 6.53. The van der Waals surface area contributed by atoms with Gasteiger partial charge in [-0.15, -0.1) is 0 Å². The first kappa shape index (κ1) is 29.1. The molecular formula is C25H32ClF5N4O2. The van der Waals surface area contributed by atoms with Gasteiger partial charge in [0.15, 0.2) is 5.69 Å². The van der Waals surface area contributed by atoms with E-state index in [0.29, 0.717) is 18.4 Å². The van der Waals surface area contributed by atoms with Crippen LogP contribution in [0.1, 0.15) is 69.6 Å². The highest BCUT2D eigenvalue weighted by atomic mass is 35.5. The molecule has 0 atom stereocenters. The normalized spacial score (nSPS) is 18.8. The topological polar surface area (TPSA) is 69.0 Å². The van der Waals surface area contributed by atoms with Gasteiger partial charge in [-0.25, -0.2) is 4.98 Å². The molecule has 3 rings (SSSR count). The van der Waals surface area contributed by atoms with Gasteiger partial charge in [0.05, 0.1) is 21.7 Å². The molecule has 37 heavy (non-hydrogen) atoms. The Balaban J connectivity index is 1.92. The molecule has 1 N–H and O–H groups in total. The molecular weight excluding hydrogens is 519 g/mol. The van der Waals surface area contributed by atoms with Crippen molar-refractivity contribution in [3.63, 3.8) is 0 Å². The van der Waals surface area contributed by atoms with E-state index in [4.69, 9.17) is 11.6 Å². The number of nitrogens with one attached hydrogen (secondary N) is 1. The number of nitrogens with zero attached hydrogens (tertiary/aromatic N) is 3. The Hall–Kier alpha value is -2.43. The lowest BCUT2D eigenvalue weighted by atomic mass is 9.83. The SMILES string of the molecule is CCn1nc(C(=O)NCC2CCC(C)CC2)c(Cl)c1-c1ccc(CC(C)(C)C(F)(F)F)nc1OC(F)F. The van der Waals surface area contributed by atoms with Crippen molar-refractivity contribution in [2.24, 2.45) is 17.3 Å².